The molecule has 124 valence electrons. The van der Waals surface area contributed by atoms with E-state index in [9.17, 15) is 5.11 Å². The van der Waals surface area contributed by atoms with Gasteiger partial charge in [0.05, 0.1) is 13.2 Å². The van der Waals surface area contributed by atoms with E-state index in [4.69, 9.17) is 16.3 Å². The van der Waals surface area contributed by atoms with Crippen LogP contribution in [-0.4, -0.2) is 49.8 Å². The Labute approximate surface area is 138 Å². The van der Waals surface area contributed by atoms with Crippen LogP contribution in [0.4, 0.5) is 0 Å². The number of benzene rings is 1. The van der Waals surface area contributed by atoms with E-state index in [-0.39, 0.29) is 0 Å². The zero-order valence-electron chi connectivity index (χ0n) is 13.7. The quantitative estimate of drug-likeness (QED) is 0.843. The van der Waals surface area contributed by atoms with Gasteiger partial charge < -0.3 is 20.1 Å². The lowest BCUT2D eigenvalue weighted by atomic mass is 9.95. The summed E-state index contributed by atoms with van der Waals surface area (Å²) in [5, 5.41) is 14.6. The molecule has 0 amide bonds. The second-order valence-electron chi connectivity index (χ2n) is 6.17. The number of aliphatic hydroxyl groups is 1. The lowest BCUT2D eigenvalue weighted by Gasteiger charge is -2.28. The van der Waals surface area contributed by atoms with E-state index in [1.165, 1.54) is 0 Å². The highest BCUT2D eigenvalue weighted by Crippen LogP contribution is 2.37. The van der Waals surface area contributed by atoms with Gasteiger partial charge in [-0.2, -0.15) is 0 Å². The Balaban J connectivity index is 2.12. The normalized spacial score (nSPS) is 17.7. The molecule has 0 spiro atoms. The molecule has 0 saturated carbocycles. The molecule has 1 aliphatic rings. The number of rotatable bonds is 6. The number of nitrogens with zero attached hydrogens (tertiary/aromatic N) is 1. The summed E-state index contributed by atoms with van der Waals surface area (Å²) in [6, 6.07) is 3.76. The minimum absolute atomic E-state index is 0.299. The molecule has 0 bridgehead atoms. The maximum atomic E-state index is 10.6. The SMILES string of the molecule is COc1c(C(C)C)cc(Cl)cc1C(O)CCN1CCNCC1. The van der Waals surface area contributed by atoms with Crippen molar-refractivity contribution in [3.05, 3.63) is 28.3 Å². The largest absolute Gasteiger partial charge is 0.496 e. The van der Waals surface area contributed by atoms with Gasteiger partial charge in [0.15, 0.2) is 0 Å². The second kappa shape index (κ2) is 8.16. The molecule has 0 radical (unpaired) electrons. The summed E-state index contributed by atoms with van der Waals surface area (Å²) in [4.78, 5) is 2.38. The second-order valence-corrected chi connectivity index (χ2v) is 6.60. The van der Waals surface area contributed by atoms with Gasteiger partial charge in [0.25, 0.3) is 0 Å². The first-order valence-corrected chi connectivity index (χ1v) is 8.39. The molecule has 2 rings (SSSR count). The number of piperazine rings is 1. The van der Waals surface area contributed by atoms with Crippen LogP contribution in [-0.2, 0) is 0 Å². The third-order valence-electron chi connectivity index (χ3n) is 4.22. The first-order valence-electron chi connectivity index (χ1n) is 8.01. The molecule has 0 aromatic heterocycles. The summed E-state index contributed by atoms with van der Waals surface area (Å²) in [6.45, 7) is 9.21. The monoisotopic (exact) mass is 326 g/mol. The van der Waals surface area contributed by atoms with Gasteiger partial charge in [0.1, 0.15) is 5.75 Å². The Morgan fingerprint density at radius 3 is 2.50 bits per heavy atom. The summed E-state index contributed by atoms with van der Waals surface area (Å²) in [5.41, 5.74) is 1.85. The highest BCUT2D eigenvalue weighted by atomic mass is 35.5. The van der Waals surface area contributed by atoms with E-state index in [2.05, 4.69) is 24.1 Å². The molecule has 1 aliphatic heterocycles. The van der Waals surface area contributed by atoms with E-state index in [0.29, 0.717) is 17.4 Å². The highest BCUT2D eigenvalue weighted by molar-refractivity contribution is 6.30. The Bertz CT molecular complexity index is 488. The Hall–Kier alpha value is -0.810. The fourth-order valence-electron chi connectivity index (χ4n) is 2.94. The van der Waals surface area contributed by atoms with E-state index < -0.39 is 6.10 Å². The van der Waals surface area contributed by atoms with Gasteiger partial charge in [0, 0.05) is 43.3 Å². The summed E-state index contributed by atoms with van der Waals surface area (Å²) in [7, 11) is 1.65. The topological polar surface area (TPSA) is 44.7 Å². The summed E-state index contributed by atoms with van der Waals surface area (Å²) < 4.78 is 5.56. The molecular formula is C17H27ClN2O2. The van der Waals surface area contributed by atoms with Gasteiger partial charge in [-0.3, -0.25) is 0 Å². The van der Waals surface area contributed by atoms with Gasteiger partial charge in [-0.1, -0.05) is 25.4 Å². The van der Waals surface area contributed by atoms with Crippen molar-refractivity contribution in [2.24, 2.45) is 0 Å². The predicted molar refractivity (Wildman–Crippen MR) is 91.0 cm³/mol. The average molecular weight is 327 g/mol. The Kier molecular flexibility index (Phi) is 6.50. The molecular weight excluding hydrogens is 300 g/mol. The third-order valence-corrected chi connectivity index (χ3v) is 4.44. The standard InChI is InChI=1S/C17H27ClN2O2/c1-12(2)14-10-13(18)11-15(17(14)22-3)16(21)4-7-20-8-5-19-6-9-20/h10-12,16,19,21H,4-9H2,1-3H3. The number of ether oxygens (including phenoxy) is 1. The van der Waals surface area contributed by atoms with E-state index in [1.54, 1.807) is 7.11 Å². The molecule has 1 heterocycles. The highest BCUT2D eigenvalue weighted by Gasteiger charge is 2.20. The average Bonchev–Trinajstić information content (AvgIpc) is 2.52. The lowest BCUT2D eigenvalue weighted by Crippen LogP contribution is -2.44. The van der Waals surface area contributed by atoms with Crippen molar-refractivity contribution in [2.45, 2.75) is 32.3 Å². The Morgan fingerprint density at radius 1 is 1.27 bits per heavy atom. The van der Waals surface area contributed by atoms with E-state index in [0.717, 1.165) is 49.6 Å². The molecule has 22 heavy (non-hydrogen) atoms. The smallest absolute Gasteiger partial charge is 0.128 e. The molecule has 2 N–H and O–H groups in total. The zero-order chi connectivity index (χ0) is 16.1. The van der Waals surface area contributed by atoms with Crippen LogP contribution in [0.1, 0.15) is 43.4 Å². The molecule has 4 nitrogen and oxygen atoms in total. The zero-order valence-corrected chi connectivity index (χ0v) is 14.5. The van der Waals surface area contributed by atoms with Crippen molar-refractivity contribution in [1.82, 2.24) is 10.2 Å². The summed E-state index contributed by atoms with van der Waals surface area (Å²) in [6.07, 6.45) is 0.134. The lowest BCUT2D eigenvalue weighted by molar-refractivity contribution is 0.134. The van der Waals surface area contributed by atoms with Gasteiger partial charge in [-0.25, -0.2) is 0 Å². The van der Waals surface area contributed by atoms with Crippen molar-refractivity contribution in [3.63, 3.8) is 0 Å². The van der Waals surface area contributed by atoms with Gasteiger partial charge >= 0.3 is 0 Å². The molecule has 1 aromatic rings. The van der Waals surface area contributed by atoms with Crippen molar-refractivity contribution in [1.29, 1.82) is 0 Å². The van der Waals surface area contributed by atoms with Crippen LogP contribution in [0.5, 0.6) is 5.75 Å². The fourth-order valence-corrected chi connectivity index (χ4v) is 3.18. The van der Waals surface area contributed by atoms with Crippen molar-refractivity contribution < 1.29 is 9.84 Å². The maximum Gasteiger partial charge on any atom is 0.128 e. The Morgan fingerprint density at radius 2 is 1.91 bits per heavy atom. The minimum atomic E-state index is -0.555. The molecule has 1 aromatic carbocycles. The first-order chi connectivity index (χ1) is 10.5. The summed E-state index contributed by atoms with van der Waals surface area (Å²) in [5.74, 6) is 1.07. The number of methoxy groups -OCH3 is 1. The maximum absolute atomic E-state index is 10.6. The van der Waals surface area contributed by atoms with Crippen molar-refractivity contribution in [2.75, 3.05) is 39.8 Å². The van der Waals surface area contributed by atoms with Crippen LogP contribution in [0.3, 0.4) is 0 Å². The van der Waals surface area contributed by atoms with Crippen LogP contribution in [0.15, 0.2) is 12.1 Å². The number of nitrogens with one attached hydrogen (secondary N) is 1. The van der Waals surface area contributed by atoms with Crippen molar-refractivity contribution >= 4 is 11.6 Å². The molecule has 1 fully saturated rings. The van der Waals surface area contributed by atoms with Crippen LogP contribution < -0.4 is 10.1 Å². The van der Waals surface area contributed by atoms with Crippen LogP contribution in [0, 0.1) is 0 Å². The van der Waals surface area contributed by atoms with E-state index in [1.807, 2.05) is 12.1 Å². The van der Waals surface area contributed by atoms with Gasteiger partial charge in [-0.05, 0) is 30.0 Å². The molecule has 0 aliphatic carbocycles. The molecule has 5 heteroatoms. The number of aliphatic hydroxyl groups excluding tert-OH is 1. The molecule has 1 saturated heterocycles. The van der Waals surface area contributed by atoms with Gasteiger partial charge in [-0.15, -0.1) is 0 Å². The van der Waals surface area contributed by atoms with Crippen LogP contribution in [0.2, 0.25) is 5.02 Å². The number of hydrogen-bond acceptors (Lipinski definition) is 4. The molecule has 1 atom stereocenters. The predicted octanol–water partition coefficient (Wildman–Crippen LogP) is 2.80. The minimum Gasteiger partial charge on any atom is -0.496 e. The van der Waals surface area contributed by atoms with Crippen LogP contribution in [0.25, 0.3) is 0 Å². The number of hydrogen-bond donors (Lipinski definition) is 2. The molecule has 1 unspecified atom stereocenters. The van der Waals surface area contributed by atoms with E-state index >= 15 is 0 Å². The third kappa shape index (κ3) is 4.35. The van der Waals surface area contributed by atoms with Crippen LogP contribution >= 0.6 is 11.6 Å². The number of halogens is 1. The van der Waals surface area contributed by atoms with Crippen molar-refractivity contribution in [3.8, 4) is 5.75 Å². The fraction of sp³-hybridized carbons (Fsp3) is 0.647. The summed E-state index contributed by atoms with van der Waals surface area (Å²) >= 11 is 6.23. The first kappa shape index (κ1) is 17.5. The van der Waals surface area contributed by atoms with Gasteiger partial charge in [0.2, 0.25) is 0 Å².